The summed E-state index contributed by atoms with van der Waals surface area (Å²) in [5, 5.41) is 12.0. The Hall–Kier alpha value is -4.27. The van der Waals surface area contributed by atoms with Gasteiger partial charge < -0.3 is 13.9 Å². The number of carbonyl (C=O) groups excluding carboxylic acids is 1. The maximum atomic E-state index is 12.5. The fraction of sp³-hybridized carbons (Fsp3) is 0.174. The Bertz CT molecular complexity index is 1240. The number of benzene rings is 2. The van der Waals surface area contributed by atoms with Crippen molar-refractivity contribution in [1.82, 2.24) is 20.0 Å². The standard InChI is InChI=1S/C23H20N4O5/c1-16(21-24-25-22(32-21)17-8-4-2-5-9-17)31-23(29)19-12-13-20(28)27(26-19)14-15-30-18-10-6-3-7-11-18/h2-13,16H,14-15H2,1H3. The zero-order chi connectivity index (χ0) is 22.3. The van der Waals surface area contributed by atoms with E-state index in [1.54, 1.807) is 6.92 Å². The lowest BCUT2D eigenvalue weighted by atomic mass is 10.2. The predicted octanol–water partition coefficient (Wildman–Crippen LogP) is 3.29. The molecule has 0 saturated carbocycles. The molecule has 1 unspecified atom stereocenters. The molecule has 0 aliphatic carbocycles. The SMILES string of the molecule is CC(OC(=O)c1ccc(=O)n(CCOc2ccccc2)n1)c1nnc(-c2ccccc2)o1. The summed E-state index contributed by atoms with van der Waals surface area (Å²) in [5.74, 6) is 0.449. The monoisotopic (exact) mass is 432 g/mol. The molecule has 2 aromatic heterocycles. The zero-order valence-electron chi connectivity index (χ0n) is 17.2. The lowest BCUT2D eigenvalue weighted by molar-refractivity contribution is 0.0269. The number of rotatable bonds is 8. The summed E-state index contributed by atoms with van der Waals surface area (Å²) in [6.07, 6.45) is -0.795. The summed E-state index contributed by atoms with van der Waals surface area (Å²) in [7, 11) is 0. The van der Waals surface area contributed by atoms with Gasteiger partial charge in [-0.1, -0.05) is 36.4 Å². The molecule has 0 fully saturated rings. The molecular formula is C23H20N4O5. The van der Waals surface area contributed by atoms with Gasteiger partial charge in [0.05, 0.1) is 6.54 Å². The minimum Gasteiger partial charge on any atom is -0.492 e. The molecule has 2 heterocycles. The van der Waals surface area contributed by atoms with Gasteiger partial charge in [-0.15, -0.1) is 10.2 Å². The number of esters is 1. The highest BCUT2D eigenvalue weighted by Crippen LogP contribution is 2.22. The molecule has 0 aliphatic rings. The Morgan fingerprint density at radius 3 is 2.47 bits per heavy atom. The Kier molecular flexibility index (Phi) is 6.35. The summed E-state index contributed by atoms with van der Waals surface area (Å²) in [6.45, 7) is 2.01. The fourth-order valence-corrected chi connectivity index (χ4v) is 2.85. The Labute approximate surface area is 183 Å². The Balaban J connectivity index is 1.39. The number of hydrogen-bond donors (Lipinski definition) is 0. The summed E-state index contributed by atoms with van der Waals surface area (Å²) in [6, 6.07) is 21.0. The van der Waals surface area contributed by atoms with E-state index in [1.807, 2.05) is 60.7 Å². The Morgan fingerprint density at radius 2 is 1.72 bits per heavy atom. The van der Waals surface area contributed by atoms with E-state index in [2.05, 4.69) is 15.3 Å². The van der Waals surface area contributed by atoms with Gasteiger partial charge in [0, 0.05) is 11.6 Å². The van der Waals surface area contributed by atoms with E-state index < -0.39 is 12.1 Å². The van der Waals surface area contributed by atoms with Gasteiger partial charge in [-0.25, -0.2) is 9.48 Å². The average Bonchev–Trinajstić information content (AvgIpc) is 3.32. The molecule has 9 heteroatoms. The molecule has 0 bridgehead atoms. The Morgan fingerprint density at radius 1 is 1.00 bits per heavy atom. The van der Waals surface area contributed by atoms with Crippen LogP contribution in [0.2, 0.25) is 0 Å². The molecule has 4 aromatic rings. The third kappa shape index (κ3) is 5.07. The van der Waals surface area contributed by atoms with E-state index in [9.17, 15) is 9.59 Å². The lowest BCUT2D eigenvalue weighted by Crippen LogP contribution is -2.27. The minimum atomic E-state index is -0.795. The normalized spacial score (nSPS) is 11.7. The van der Waals surface area contributed by atoms with Crippen LogP contribution in [0.3, 0.4) is 0 Å². The van der Waals surface area contributed by atoms with Crippen molar-refractivity contribution in [3.8, 4) is 17.2 Å². The van der Waals surface area contributed by atoms with Crippen molar-refractivity contribution < 1.29 is 18.7 Å². The molecular weight excluding hydrogens is 412 g/mol. The maximum absolute atomic E-state index is 12.5. The van der Waals surface area contributed by atoms with Crippen molar-refractivity contribution in [1.29, 1.82) is 0 Å². The topological polar surface area (TPSA) is 109 Å². The van der Waals surface area contributed by atoms with Crippen LogP contribution in [-0.2, 0) is 11.3 Å². The number of hydrogen-bond acceptors (Lipinski definition) is 8. The summed E-state index contributed by atoms with van der Waals surface area (Å²) >= 11 is 0. The lowest BCUT2D eigenvalue weighted by Gasteiger charge is -2.11. The number of carbonyl (C=O) groups is 1. The first-order valence-electron chi connectivity index (χ1n) is 9.96. The highest BCUT2D eigenvalue weighted by Gasteiger charge is 2.21. The maximum Gasteiger partial charge on any atom is 0.359 e. The fourth-order valence-electron chi connectivity index (χ4n) is 2.85. The van der Waals surface area contributed by atoms with Crippen LogP contribution < -0.4 is 10.3 Å². The average molecular weight is 432 g/mol. The van der Waals surface area contributed by atoms with Gasteiger partial charge in [-0.05, 0) is 37.3 Å². The zero-order valence-corrected chi connectivity index (χ0v) is 17.2. The van der Waals surface area contributed by atoms with Crippen LogP contribution >= 0.6 is 0 Å². The van der Waals surface area contributed by atoms with Crippen LogP contribution in [-0.4, -0.2) is 32.6 Å². The van der Waals surface area contributed by atoms with Gasteiger partial charge in [-0.3, -0.25) is 4.79 Å². The van der Waals surface area contributed by atoms with Crippen LogP contribution in [0.25, 0.3) is 11.5 Å². The van der Waals surface area contributed by atoms with Crippen molar-refractivity contribution in [3.05, 3.63) is 94.7 Å². The summed E-state index contributed by atoms with van der Waals surface area (Å²) < 4.78 is 17.8. The van der Waals surface area contributed by atoms with E-state index in [0.29, 0.717) is 11.6 Å². The number of aromatic nitrogens is 4. The first kappa shape index (κ1) is 21.0. The van der Waals surface area contributed by atoms with Crippen molar-refractivity contribution in [2.45, 2.75) is 19.6 Å². The predicted molar refractivity (Wildman–Crippen MR) is 114 cm³/mol. The first-order chi connectivity index (χ1) is 15.6. The van der Waals surface area contributed by atoms with Crippen LogP contribution in [0.15, 0.2) is 82.0 Å². The van der Waals surface area contributed by atoms with E-state index in [4.69, 9.17) is 13.9 Å². The van der Waals surface area contributed by atoms with Gasteiger partial charge in [-0.2, -0.15) is 5.10 Å². The molecule has 1 atom stereocenters. The molecule has 0 spiro atoms. The van der Waals surface area contributed by atoms with Gasteiger partial charge in [0.25, 0.3) is 11.4 Å². The third-order valence-corrected chi connectivity index (χ3v) is 4.48. The highest BCUT2D eigenvalue weighted by atomic mass is 16.6. The molecule has 2 aromatic carbocycles. The molecule has 162 valence electrons. The second-order valence-electron chi connectivity index (χ2n) is 6.80. The van der Waals surface area contributed by atoms with E-state index in [1.165, 1.54) is 12.1 Å². The highest BCUT2D eigenvalue weighted by molar-refractivity contribution is 5.87. The van der Waals surface area contributed by atoms with Crippen LogP contribution in [0.1, 0.15) is 29.4 Å². The van der Waals surface area contributed by atoms with Gasteiger partial charge in [0.15, 0.2) is 11.8 Å². The molecule has 0 radical (unpaired) electrons. The van der Waals surface area contributed by atoms with Crippen LogP contribution in [0.5, 0.6) is 5.75 Å². The van der Waals surface area contributed by atoms with Crippen molar-refractivity contribution in [2.75, 3.05) is 6.61 Å². The minimum absolute atomic E-state index is 0.0149. The molecule has 0 aliphatic heterocycles. The van der Waals surface area contributed by atoms with Gasteiger partial charge in [0.1, 0.15) is 12.4 Å². The van der Waals surface area contributed by atoms with Crippen molar-refractivity contribution in [2.24, 2.45) is 0 Å². The molecule has 0 saturated heterocycles. The molecule has 0 amide bonds. The first-order valence-corrected chi connectivity index (χ1v) is 9.96. The van der Waals surface area contributed by atoms with E-state index in [0.717, 1.165) is 10.2 Å². The quantitative estimate of drug-likeness (QED) is 0.390. The number of para-hydroxylation sites is 1. The van der Waals surface area contributed by atoms with Crippen molar-refractivity contribution >= 4 is 5.97 Å². The molecule has 0 N–H and O–H groups in total. The van der Waals surface area contributed by atoms with Crippen LogP contribution in [0, 0.1) is 0 Å². The second kappa shape index (κ2) is 9.69. The molecule has 9 nitrogen and oxygen atoms in total. The largest absolute Gasteiger partial charge is 0.492 e. The summed E-state index contributed by atoms with van der Waals surface area (Å²) in [4.78, 5) is 24.6. The van der Waals surface area contributed by atoms with Crippen LogP contribution in [0.4, 0.5) is 0 Å². The number of nitrogens with zero attached hydrogens (tertiary/aromatic N) is 4. The number of ether oxygens (including phenoxy) is 2. The molecule has 4 rings (SSSR count). The summed E-state index contributed by atoms with van der Waals surface area (Å²) in [5.41, 5.74) is 0.394. The third-order valence-electron chi connectivity index (χ3n) is 4.48. The van der Waals surface area contributed by atoms with E-state index >= 15 is 0 Å². The van der Waals surface area contributed by atoms with Gasteiger partial charge >= 0.3 is 5.97 Å². The molecule has 32 heavy (non-hydrogen) atoms. The second-order valence-corrected chi connectivity index (χ2v) is 6.80. The van der Waals surface area contributed by atoms with E-state index in [-0.39, 0.29) is 30.3 Å². The van der Waals surface area contributed by atoms with Crippen molar-refractivity contribution in [3.63, 3.8) is 0 Å². The van der Waals surface area contributed by atoms with Gasteiger partial charge in [0.2, 0.25) is 5.89 Å². The smallest absolute Gasteiger partial charge is 0.359 e.